The summed E-state index contributed by atoms with van der Waals surface area (Å²) in [5.41, 5.74) is -0.151. The van der Waals surface area contributed by atoms with Crippen molar-refractivity contribution in [1.82, 2.24) is 20.4 Å². The number of rotatable bonds is 9. The number of non-ortho nitro benzene ring substituents is 1. The molecule has 0 saturated carbocycles. The third-order valence-corrected chi connectivity index (χ3v) is 6.01. The van der Waals surface area contributed by atoms with Crippen LogP contribution in [0.4, 0.5) is 5.69 Å². The second kappa shape index (κ2) is 11.9. The number of carbonyl (C=O) groups is 3. The summed E-state index contributed by atoms with van der Waals surface area (Å²) in [4.78, 5) is 52.0. The van der Waals surface area contributed by atoms with Crippen LogP contribution in [0.15, 0.2) is 18.2 Å². The molecule has 1 fully saturated rings. The second-order valence-electron chi connectivity index (χ2n) is 8.59. The van der Waals surface area contributed by atoms with Crippen molar-refractivity contribution in [2.45, 2.75) is 46.2 Å². The van der Waals surface area contributed by atoms with Gasteiger partial charge in [-0.25, -0.2) is 0 Å². The van der Waals surface area contributed by atoms with Gasteiger partial charge in [0.25, 0.3) is 11.6 Å². The molecule has 2 N–H and O–H groups in total. The zero-order chi connectivity index (χ0) is 24.7. The molecule has 1 aliphatic heterocycles. The molecule has 0 spiro atoms. The van der Waals surface area contributed by atoms with Crippen molar-refractivity contribution in [3.63, 3.8) is 0 Å². The Hall–Kier alpha value is -2.72. The van der Waals surface area contributed by atoms with Gasteiger partial charge in [-0.15, -0.1) is 0 Å². The van der Waals surface area contributed by atoms with Gasteiger partial charge >= 0.3 is 0 Å². The molecule has 1 aliphatic rings. The van der Waals surface area contributed by atoms with Crippen LogP contribution in [0.25, 0.3) is 0 Å². The average molecular weight is 482 g/mol. The van der Waals surface area contributed by atoms with E-state index in [1.165, 1.54) is 12.1 Å². The van der Waals surface area contributed by atoms with E-state index >= 15 is 0 Å². The number of carbonyl (C=O) groups excluding carboxylic acids is 3. The smallest absolute Gasteiger partial charge is 0.270 e. The molecule has 1 saturated heterocycles. The van der Waals surface area contributed by atoms with E-state index in [4.69, 9.17) is 11.6 Å². The maximum absolute atomic E-state index is 13.1. The molecule has 182 valence electrons. The van der Waals surface area contributed by atoms with Gasteiger partial charge in [-0.2, -0.15) is 0 Å². The molecule has 33 heavy (non-hydrogen) atoms. The summed E-state index contributed by atoms with van der Waals surface area (Å²) in [7, 11) is 0. The highest BCUT2D eigenvalue weighted by Crippen LogP contribution is 2.23. The molecule has 1 aromatic carbocycles. The van der Waals surface area contributed by atoms with Crippen molar-refractivity contribution in [1.29, 1.82) is 0 Å². The zero-order valence-electron chi connectivity index (χ0n) is 19.5. The molecule has 11 heteroatoms. The minimum absolute atomic E-state index is 0.0311. The lowest BCUT2D eigenvalue weighted by Gasteiger charge is -2.37. The maximum atomic E-state index is 13.1. The first kappa shape index (κ1) is 26.5. The minimum atomic E-state index is -0.774. The van der Waals surface area contributed by atoms with Crippen molar-refractivity contribution in [3.8, 4) is 0 Å². The van der Waals surface area contributed by atoms with Crippen LogP contribution in [0, 0.1) is 16.0 Å². The van der Waals surface area contributed by atoms with E-state index in [-0.39, 0.29) is 46.6 Å². The van der Waals surface area contributed by atoms with Crippen LogP contribution in [-0.4, -0.2) is 77.3 Å². The standard InChI is InChI=1S/C22H32ClN5O5/c1-5-15(4)24-19(29)13-26-8-10-27(11-9-26)22(31)20(14(2)3)25-21(30)17-7-6-16(28(32)33)12-18(17)23/h6-7,12,14-15,20H,5,8-11,13H2,1-4H3,(H,24,29)(H,25,30). The summed E-state index contributed by atoms with van der Waals surface area (Å²) >= 11 is 6.06. The van der Waals surface area contributed by atoms with E-state index < -0.39 is 16.9 Å². The number of nitrogens with zero attached hydrogens (tertiary/aromatic N) is 3. The van der Waals surface area contributed by atoms with Gasteiger partial charge in [0, 0.05) is 44.4 Å². The van der Waals surface area contributed by atoms with Crippen LogP contribution in [0.3, 0.4) is 0 Å². The van der Waals surface area contributed by atoms with Gasteiger partial charge < -0.3 is 15.5 Å². The normalized spacial score (nSPS) is 16.2. The number of hydrogen-bond acceptors (Lipinski definition) is 6. The molecular formula is C22H32ClN5O5. The Bertz CT molecular complexity index is 886. The van der Waals surface area contributed by atoms with Crippen LogP contribution in [0.2, 0.25) is 5.02 Å². The first-order chi connectivity index (χ1) is 15.5. The monoisotopic (exact) mass is 481 g/mol. The van der Waals surface area contributed by atoms with Crippen LogP contribution in [-0.2, 0) is 9.59 Å². The van der Waals surface area contributed by atoms with Gasteiger partial charge in [0.05, 0.1) is 22.1 Å². The Kier molecular flexibility index (Phi) is 9.60. The summed E-state index contributed by atoms with van der Waals surface area (Å²) in [5, 5.41) is 16.5. The van der Waals surface area contributed by atoms with Crippen molar-refractivity contribution in [2.24, 2.45) is 5.92 Å². The number of nitro benzene ring substituents is 1. The second-order valence-corrected chi connectivity index (χ2v) is 9.00. The topological polar surface area (TPSA) is 125 Å². The fourth-order valence-corrected chi connectivity index (χ4v) is 3.74. The number of nitrogens with one attached hydrogen (secondary N) is 2. The first-order valence-electron chi connectivity index (χ1n) is 11.1. The number of halogens is 1. The number of piperazine rings is 1. The third-order valence-electron chi connectivity index (χ3n) is 5.70. The average Bonchev–Trinajstić information content (AvgIpc) is 2.76. The predicted octanol–water partition coefficient (Wildman–Crippen LogP) is 2.06. The SMILES string of the molecule is CCC(C)NC(=O)CN1CCN(C(=O)C(NC(=O)c2ccc([N+](=O)[O-])cc2Cl)C(C)C)CC1. The van der Waals surface area contributed by atoms with E-state index in [9.17, 15) is 24.5 Å². The van der Waals surface area contributed by atoms with Crippen LogP contribution >= 0.6 is 11.6 Å². The number of nitro groups is 1. The van der Waals surface area contributed by atoms with Crippen molar-refractivity contribution in [3.05, 3.63) is 38.9 Å². The lowest BCUT2D eigenvalue weighted by atomic mass is 10.0. The van der Waals surface area contributed by atoms with Gasteiger partial charge in [0.1, 0.15) is 6.04 Å². The molecular weight excluding hydrogens is 450 g/mol. The molecule has 0 radical (unpaired) electrons. The van der Waals surface area contributed by atoms with E-state index in [0.29, 0.717) is 26.2 Å². The van der Waals surface area contributed by atoms with Gasteiger partial charge in [0.15, 0.2) is 0 Å². The number of amides is 3. The van der Waals surface area contributed by atoms with Crippen molar-refractivity contribution < 1.29 is 19.3 Å². The predicted molar refractivity (Wildman–Crippen MR) is 125 cm³/mol. The molecule has 1 aromatic rings. The molecule has 2 atom stereocenters. The van der Waals surface area contributed by atoms with Crippen LogP contribution in [0.1, 0.15) is 44.5 Å². The Morgan fingerprint density at radius 1 is 1.12 bits per heavy atom. The Balaban J connectivity index is 1.97. The van der Waals surface area contributed by atoms with Gasteiger partial charge in [-0.05, 0) is 25.3 Å². The minimum Gasteiger partial charge on any atom is -0.353 e. The molecule has 2 unspecified atom stereocenters. The van der Waals surface area contributed by atoms with Crippen LogP contribution < -0.4 is 10.6 Å². The van der Waals surface area contributed by atoms with E-state index in [1.807, 2.05) is 32.6 Å². The van der Waals surface area contributed by atoms with Crippen LogP contribution in [0.5, 0.6) is 0 Å². The fraction of sp³-hybridized carbons (Fsp3) is 0.591. The van der Waals surface area contributed by atoms with Gasteiger partial charge in [-0.1, -0.05) is 32.4 Å². The quantitative estimate of drug-likeness (QED) is 0.411. The Morgan fingerprint density at radius 3 is 2.27 bits per heavy atom. The van der Waals surface area contributed by atoms with Gasteiger partial charge in [0.2, 0.25) is 11.8 Å². The Morgan fingerprint density at radius 2 is 1.76 bits per heavy atom. The first-order valence-corrected chi connectivity index (χ1v) is 11.5. The van der Waals surface area contributed by atoms with Crippen molar-refractivity contribution >= 4 is 35.0 Å². The lowest BCUT2D eigenvalue weighted by Crippen LogP contribution is -2.57. The molecule has 3 amide bonds. The van der Waals surface area contributed by atoms with E-state index in [2.05, 4.69) is 10.6 Å². The van der Waals surface area contributed by atoms with Gasteiger partial charge in [-0.3, -0.25) is 29.4 Å². The molecule has 0 bridgehead atoms. The maximum Gasteiger partial charge on any atom is 0.270 e. The molecule has 10 nitrogen and oxygen atoms in total. The zero-order valence-corrected chi connectivity index (χ0v) is 20.2. The summed E-state index contributed by atoms with van der Waals surface area (Å²) in [6, 6.07) is 2.94. The lowest BCUT2D eigenvalue weighted by molar-refractivity contribution is -0.384. The third kappa shape index (κ3) is 7.40. The highest BCUT2D eigenvalue weighted by molar-refractivity contribution is 6.34. The molecule has 0 aromatic heterocycles. The highest BCUT2D eigenvalue weighted by Gasteiger charge is 2.32. The fourth-order valence-electron chi connectivity index (χ4n) is 3.48. The molecule has 0 aliphatic carbocycles. The summed E-state index contributed by atoms with van der Waals surface area (Å²) < 4.78 is 0. The number of benzene rings is 1. The van der Waals surface area contributed by atoms with Crippen molar-refractivity contribution in [2.75, 3.05) is 32.7 Å². The largest absolute Gasteiger partial charge is 0.353 e. The summed E-state index contributed by atoms with van der Waals surface area (Å²) in [6.45, 7) is 9.94. The Labute approximate surface area is 198 Å². The molecule has 1 heterocycles. The summed E-state index contributed by atoms with van der Waals surface area (Å²) in [5.74, 6) is -0.989. The molecule has 2 rings (SSSR count). The van der Waals surface area contributed by atoms with E-state index in [0.717, 1.165) is 12.5 Å². The highest BCUT2D eigenvalue weighted by atomic mass is 35.5. The number of hydrogen-bond donors (Lipinski definition) is 2. The summed E-state index contributed by atoms with van der Waals surface area (Å²) in [6.07, 6.45) is 0.863. The van der Waals surface area contributed by atoms with E-state index in [1.54, 1.807) is 4.90 Å².